The standard InChI is InChI=1S/C17H25N3O/c1-14(19-12-9-18-10-13-19)17(21)20-11-5-4-7-15-6-2-3-8-16(15)20/h2-3,6,8,14,18H,4-5,7,9-13H2,1H3. The lowest BCUT2D eigenvalue weighted by molar-refractivity contribution is -0.123. The van der Waals surface area contributed by atoms with Crippen LogP contribution in [0.25, 0.3) is 0 Å². The van der Waals surface area contributed by atoms with Crippen molar-refractivity contribution in [3.8, 4) is 0 Å². The van der Waals surface area contributed by atoms with Gasteiger partial charge in [-0.2, -0.15) is 0 Å². The average molecular weight is 287 g/mol. The molecular weight excluding hydrogens is 262 g/mol. The monoisotopic (exact) mass is 287 g/mol. The normalized spacial score (nSPS) is 21.5. The molecule has 1 amide bonds. The van der Waals surface area contributed by atoms with Gasteiger partial charge in [-0.05, 0) is 37.8 Å². The van der Waals surface area contributed by atoms with Crippen LogP contribution in [0.4, 0.5) is 5.69 Å². The fourth-order valence-electron chi connectivity index (χ4n) is 3.37. The van der Waals surface area contributed by atoms with E-state index in [0.29, 0.717) is 0 Å². The fourth-order valence-corrected chi connectivity index (χ4v) is 3.37. The first kappa shape index (κ1) is 14.5. The Morgan fingerprint density at radius 2 is 1.90 bits per heavy atom. The number of rotatable bonds is 2. The molecule has 0 aromatic heterocycles. The second-order valence-corrected chi connectivity index (χ2v) is 6.04. The number of benzene rings is 1. The summed E-state index contributed by atoms with van der Waals surface area (Å²) in [4.78, 5) is 17.3. The van der Waals surface area contributed by atoms with Crippen molar-refractivity contribution in [1.82, 2.24) is 10.2 Å². The lowest BCUT2D eigenvalue weighted by Crippen LogP contribution is -2.53. The molecule has 3 rings (SSSR count). The summed E-state index contributed by atoms with van der Waals surface area (Å²) in [5, 5.41) is 3.35. The maximum Gasteiger partial charge on any atom is 0.244 e. The molecule has 0 saturated carbocycles. The summed E-state index contributed by atoms with van der Waals surface area (Å²) in [6.07, 6.45) is 3.35. The molecule has 2 heterocycles. The average Bonchev–Trinajstić information content (AvgIpc) is 2.77. The van der Waals surface area contributed by atoms with Crippen molar-refractivity contribution in [2.75, 3.05) is 37.6 Å². The molecule has 4 nitrogen and oxygen atoms in total. The zero-order valence-corrected chi connectivity index (χ0v) is 12.8. The first-order valence-corrected chi connectivity index (χ1v) is 8.11. The number of aryl methyl sites for hydroxylation is 1. The minimum absolute atomic E-state index is 0.0294. The molecule has 21 heavy (non-hydrogen) atoms. The van der Waals surface area contributed by atoms with Gasteiger partial charge in [0.05, 0.1) is 6.04 Å². The summed E-state index contributed by atoms with van der Waals surface area (Å²) in [5.41, 5.74) is 2.44. The maximum absolute atomic E-state index is 13.0. The molecule has 1 N–H and O–H groups in total. The van der Waals surface area contributed by atoms with Crippen LogP contribution in [-0.4, -0.2) is 49.6 Å². The van der Waals surface area contributed by atoms with E-state index in [9.17, 15) is 4.79 Å². The highest BCUT2D eigenvalue weighted by Crippen LogP contribution is 2.27. The minimum Gasteiger partial charge on any atom is -0.314 e. The van der Waals surface area contributed by atoms with Gasteiger partial charge in [0.1, 0.15) is 0 Å². The number of para-hydroxylation sites is 1. The SMILES string of the molecule is CC(C(=O)N1CCCCc2ccccc21)N1CCNCC1. The van der Waals surface area contributed by atoms with Gasteiger partial charge in [0, 0.05) is 38.4 Å². The van der Waals surface area contributed by atoms with Crippen molar-refractivity contribution in [2.24, 2.45) is 0 Å². The maximum atomic E-state index is 13.0. The summed E-state index contributed by atoms with van der Waals surface area (Å²) >= 11 is 0. The van der Waals surface area contributed by atoms with Crippen LogP contribution in [0.3, 0.4) is 0 Å². The molecule has 1 atom stereocenters. The van der Waals surface area contributed by atoms with E-state index in [1.165, 1.54) is 12.0 Å². The molecule has 4 heteroatoms. The zero-order valence-electron chi connectivity index (χ0n) is 12.8. The topological polar surface area (TPSA) is 35.6 Å². The van der Waals surface area contributed by atoms with Gasteiger partial charge in [0.15, 0.2) is 0 Å². The lowest BCUT2D eigenvalue weighted by atomic mass is 10.1. The highest BCUT2D eigenvalue weighted by Gasteiger charge is 2.29. The number of nitrogens with zero attached hydrogens (tertiary/aromatic N) is 2. The van der Waals surface area contributed by atoms with Crippen LogP contribution in [0.1, 0.15) is 25.3 Å². The largest absolute Gasteiger partial charge is 0.314 e. The van der Waals surface area contributed by atoms with E-state index in [1.54, 1.807) is 0 Å². The number of hydrogen-bond acceptors (Lipinski definition) is 3. The summed E-state index contributed by atoms with van der Waals surface area (Å²) in [7, 11) is 0. The second kappa shape index (κ2) is 6.58. The molecule has 0 spiro atoms. The molecule has 1 aromatic carbocycles. The number of hydrogen-bond donors (Lipinski definition) is 1. The highest BCUT2D eigenvalue weighted by molar-refractivity contribution is 5.97. The van der Waals surface area contributed by atoms with Crippen LogP contribution < -0.4 is 10.2 Å². The zero-order chi connectivity index (χ0) is 14.7. The van der Waals surface area contributed by atoms with Gasteiger partial charge in [-0.15, -0.1) is 0 Å². The molecule has 0 radical (unpaired) electrons. The van der Waals surface area contributed by atoms with Gasteiger partial charge >= 0.3 is 0 Å². The number of anilines is 1. The number of fused-ring (bicyclic) bond motifs is 1. The van der Waals surface area contributed by atoms with Gasteiger partial charge in [0.25, 0.3) is 0 Å². The van der Waals surface area contributed by atoms with E-state index in [4.69, 9.17) is 0 Å². The molecule has 1 unspecified atom stereocenters. The fraction of sp³-hybridized carbons (Fsp3) is 0.588. The molecule has 0 bridgehead atoms. The van der Waals surface area contributed by atoms with Crippen molar-refractivity contribution in [1.29, 1.82) is 0 Å². The van der Waals surface area contributed by atoms with Crippen molar-refractivity contribution >= 4 is 11.6 Å². The second-order valence-electron chi connectivity index (χ2n) is 6.04. The Kier molecular flexibility index (Phi) is 4.56. The van der Waals surface area contributed by atoms with Crippen LogP contribution in [-0.2, 0) is 11.2 Å². The summed E-state index contributed by atoms with van der Waals surface area (Å²) in [6, 6.07) is 8.35. The van der Waals surface area contributed by atoms with Gasteiger partial charge in [0.2, 0.25) is 5.91 Å². The van der Waals surface area contributed by atoms with E-state index >= 15 is 0 Å². The Morgan fingerprint density at radius 3 is 2.71 bits per heavy atom. The summed E-state index contributed by atoms with van der Waals surface area (Å²) < 4.78 is 0. The van der Waals surface area contributed by atoms with Crippen molar-refractivity contribution in [3.63, 3.8) is 0 Å². The van der Waals surface area contributed by atoms with Gasteiger partial charge in [-0.3, -0.25) is 9.69 Å². The van der Waals surface area contributed by atoms with Gasteiger partial charge in [-0.1, -0.05) is 18.2 Å². The van der Waals surface area contributed by atoms with E-state index in [2.05, 4.69) is 35.3 Å². The van der Waals surface area contributed by atoms with Crippen LogP contribution >= 0.6 is 0 Å². The number of amides is 1. The summed E-state index contributed by atoms with van der Waals surface area (Å²) in [5.74, 6) is 0.256. The van der Waals surface area contributed by atoms with E-state index in [-0.39, 0.29) is 11.9 Å². The minimum atomic E-state index is -0.0294. The number of carbonyl (C=O) groups excluding carboxylic acids is 1. The molecule has 1 aromatic rings. The Morgan fingerprint density at radius 1 is 1.14 bits per heavy atom. The van der Waals surface area contributed by atoms with E-state index in [0.717, 1.165) is 51.3 Å². The first-order chi connectivity index (χ1) is 10.3. The Bertz CT molecular complexity index is 497. The van der Waals surface area contributed by atoms with Crippen LogP contribution in [0.5, 0.6) is 0 Å². The predicted octanol–water partition coefficient (Wildman–Crippen LogP) is 1.65. The van der Waals surface area contributed by atoms with Crippen LogP contribution in [0.15, 0.2) is 24.3 Å². The third-order valence-corrected chi connectivity index (χ3v) is 4.68. The smallest absolute Gasteiger partial charge is 0.244 e. The van der Waals surface area contributed by atoms with Crippen molar-refractivity contribution in [2.45, 2.75) is 32.2 Å². The Hall–Kier alpha value is -1.39. The van der Waals surface area contributed by atoms with Crippen molar-refractivity contribution in [3.05, 3.63) is 29.8 Å². The first-order valence-electron chi connectivity index (χ1n) is 8.11. The molecule has 2 aliphatic rings. The number of carbonyl (C=O) groups is 1. The summed E-state index contributed by atoms with van der Waals surface area (Å²) in [6.45, 7) is 6.79. The highest BCUT2D eigenvalue weighted by atomic mass is 16.2. The predicted molar refractivity (Wildman–Crippen MR) is 85.6 cm³/mol. The third-order valence-electron chi connectivity index (χ3n) is 4.68. The molecule has 2 aliphatic heterocycles. The Labute approximate surface area is 127 Å². The van der Waals surface area contributed by atoms with Gasteiger partial charge < -0.3 is 10.2 Å². The number of nitrogens with one attached hydrogen (secondary N) is 1. The van der Waals surface area contributed by atoms with E-state index < -0.39 is 0 Å². The van der Waals surface area contributed by atoms with Crippen LogP contribution in [0.2, 0.25) is 0 Å². The third kappa shape index (κ3) is 3.11. The van der Waals surface area contributed by atoms with Crippen LogP contribution in [0, 0.1) is 0 Å². The Balaban J connectivity index is 1.80. The molecule has 0 aliphatic carbocycles. The molecule has 114 valence electrons. The quantitative estimate of drug-likeness (QED) is 0.898. The molecular formula is C17H25N3O. The lowest BCUT2D eigenvalue weighted by Gasteiger charge is -2.35. The van der Waals surface area contributed by atoms with E-state index in [1.807, 2.05) is 11.0 Å². The van der Waals surface area contributed by atoms with Gasteiger partial charge in [-0.25, -0.2) is 0 Å². The molecule has 1 fully saturated rings. The number of piperazine rings is 1. The van der Waals surface area contributed by atoms with Crippen molar-refractivity contribution < 1.29 is 4.79 Å². The molecule has 1 saturated heterocycles.